The van der Waals surface area contributed by atoms with Gasteiger partial charge < -0.3 is 5.11 Å². The van der Waals surface area contributed by atoms with Crippen molar-refractivity contribution in [3.05, 3.63) is 16.1 Å². The third kappa shape index (κ3) is 2.78. The van der Waals surface area contributed by atoms with E-state index < -0.39 is 5.97 Å². The van der Waals surface area contributed by atoms with Gasteiger partial charge in [-0.1, -0.05) is 0 Å². The highest BCUT2D eigenvalue weighted by Crippen LogP contribution is 2.12. The summed E-state index contributed by atoms with van der Waals surface area (Å²) in [4.78, 5) is 16.7. The van der Waals surface area contributed by atoms with Crippen LogP contribution in [-0.2, 0) is 6.54 Å². The van der Waals surface area contributed by atoms with Crippen LogP contribution in [0, 0.1) is 0 Å². The van der Waals surface area contributed by atoms with Crippen LogP contribution >= 0.6 is 11.3 Å². The highest BCUT2D eigenvalue weighted by Gasteiger charge is 2.11. The Kier molecular flexibility index (Phi) is 3.60. The number of hydrogen-bond acceptors (Lipinski definition) is 4. The Labute approximate surface area is 87.2 Å². The van der Waals surface area contributed by atoms with Gasteiger partial charge in [-0.05, 0) is 20.9 Å². The lowest BCUT2D eigenvalue weighted by Gasteiger charge is -2.19. The average molecular weight is 214 g/mol. The Morgan fingerprint density at radius 3 is 2.79 bits per heavy atom. The van der Waals surface area contributed by atoms with Gasteiger partial charge in [-0.3, -0.25) is 4.90 Å². The maximum atomic E-state index is 10.6. The summed E-state index contributed by atoms with van der Waals surface area (Å²) in [7, 11) is 1.99. The quantitative estimate of drug-likeness (QED) is 0.828. The number of carboxylic acids is 1. The van der Waals surface area contributed by atoms with Gasteiger partial charge in [0.15, 0.2) is 0 Å². The summed E-state index contributed by atoms with van der Waals surface area (Å²) < 4.78 is 0. The molecule has 0 fully saturated rings. The largest absolute Gasteiger partial charge is 0.476 e. The van der Waals surface area contributed by atoms with Crippen molar-refractivity contribution in [2.75, 3.05) is 7.05 Å². The molecule has 0 amide bonds. The Bertz CT molecular complexity index is 322. The van der Waals surface area contributed by atoms with Gasteiger partial charge >= 0.3 is 5.97 Å². The maximum absolute atomic E-state index is 10.6. The fraction of sp³-hybridized carbons (Fsp3) is 0.556. The SMILES string of the molecule is CC(C)N(C)Cc1csc(C(=O)O)n1. The number of rotatable bonds is 4. The minimum absolute atomic E-state index is 0.164. The third-order valence-electron chi connectivity index (χ3n) is 2.03. The van der Waals surface area contributed by atoms with Crippen molar-refractivity contribution in [3.63, 3.8) is 0 Å². The van der Waals surface area contributed by atoms with Gasteiger partial charge in [0.2, 0.25) is 5.01 Å². The molecule has 0 saturated carbocycles. The summed E-state index contributed by atoms with van der Waals surface area (Å²) in [5, 5.41) is 10.6. The number of carboxylic acid groups (broad SMARTS) is 1. The first-order valence-corrected chi connectivity index (χ1v) is 5.26. The first kappa shape index (κ1) is 11.1. The lowest BCUT2D eigenvalue weighted by Crippen LogP contribution is -2.25. The zero-order valence-electron chi connectivity index (χ0n) is 8.52. The molecule has 0 aliphatic rings. The molecule has 1 heterocycles. The smallest absolute Gasteiger partial charge is 0.365 e. The van der Waals surface area contributed by atoms with Gasteiger partial charge in [0.05, 0.1) is 5.69 Å². The minimum Gasteiger partial charge on any atom is -0.476 e. The van der Waals surface area contributed by atoms with E-state index in [2.05, 4.69) is 23.7 Å². The van der Waals surface area contributed by atoms with E-state index in [4.69, 9.17) is 5.11 Å². The van der Waals surface area contributed by atoms with Crippen LogP contribution in [-0.4, -0.2) is 34.0 Å². The van der Waals surface area contributed by atoms with E-state index in [1.165, 1.54) is 11.3 Å². The number of aromatic carboxylic acids is 1. The lowest BCUT2D eigenvalue weighted by molar-refractivity contribution is 0.0696. The third-order valence-corrected chi connectivity index (χ3v) is 2.91. The Morgan fingerprint density at radius 1 is 1.71 bits per heavy atom. The summed E-state index contributed by atoms with van der Waals surface area (Å²) in [6.07, 6.45) is 0. The molecule has 1 aromatic rings. The van der Waals surface area contributed by atoms with Crippen LogP contribution in [0.1, 0.15) is 29.3 Å². The van der Waals surface area contributed by atoms with Crippen LogP contribution in [0.2, 0.25) is 0 Å². The fourth-order valence-electron chi connectivity index (χ4n) is 0.916. The van der Waals surface area contributed by atoms with Crippen LogP contribution in [0.5, 0.6) is 0 Å². The van der Waals surface area contributed by atoms with Crippen molar-refractivity contribution in [3.8, 4) is 0 Å². The molecule has 1 aromatic heterocycles. The molecular formula is C9H14N2O2S. The molecule has 78 valence electrons. The monoisotopic (exact) mass is 214 g/mol. The molecule has 0 aromatic carbocycles. The van der Waals surface area contributed by atoms with Crippen LogP contribution in [0.4, 0.5) is 0 Å². The predicted octanol–water partition coefficient (Wildman–Crippen LogP) is 1.68. The van der Waals surface area contributed by atoms with E-state index in [0.29, 0.717) is 12.6 Å². The normalized spacial score (nSPS) is 11.2. The lowest BCUT2D eigenvalue weighted by atomic mass is 10.3. The second-order valence-corrected chi connectivity index (χ2v) is 4.32. The first-order chi connectivity index (χ1) is 6.50. The van der Waals surface area contributed by atoms with Gasteiger partial charge in [0.1, 0.15) is 0 Å². The Balaban J connectivity index is 2.64. The number of carbonyl (C=O) groups is 1. The van der Waals surface area contributed by atoms with Crippen molar-refractivity contribution in [2.45, 2.75) is 26.4 Å². The second kappa shape index (κ2) is 4.52. The molecule has 14 heavy (non-hydrogen) atoms. The second-order valence-electron chi connectivity index (χ2n) is 3.46. The molecule has 4 nitrogen and oxygen atoms in total. The van der Waals surface area contributed by atoms with Crippen molar-refractivity contribution >= 4 is 17.3 Å². The molecular weight excluding hydrogens is 200 g/mol. The van der Waals surface area contributed by atoms with Gasteiger partial charge in [-0.25, -0.2) is 9.78 Å². The Morgan fingerprint density at radius 2 is 2.36 bits per heavy atom. The fourth-order valence-corrected chi connectivity index (χ4v) is 1.56. The average Bonchev–Trinajstić information content (AvgIpc) is 2.52. The predicted molar refractivity (Wildman–Crippen MR) is 55.7 cm³/mol. The van der Waals surface area contributed by atoms with Crippen LogP contribution in [0.15, 0.2) is 5.38 Å². The van der Waals surface area contributed by atoms with E-state index in [9.17, 15) is 4.79 Å². The summed E-state index contributed by atoms with van der Waals surface area (Å²) >= 11 is 1.17. The molecule has 0 unspecified atom stereocenters. The van der Waals surface area contributed by atoms with Gasteiger partial charge in [-0.2, -0.15) is 0 Å². The van der Waals surface area contributed by atoms with Crippen molar-refractivity contribution in [1.29, 1.82) is 0 Å². The highest BCUT2D eigenvalue weighted by atomic mass is 32.1. The molecule has 0 atom stereocenters. The van der Waals surface area contributed by atoms with E-state index in [0.717, 1.165) is 5.69 Å². The molecule has 0 aliphatic heterocycles. The van der Waals surface area contributed by atoms with E-state index in [1.807, 2.05) is 7.05 Å². The van der Waals surface area contributed by atoms with E-state index >= 15 is 0 Å². The van der Waals surface area contributed by atoms with E-state index in [-0.39, 0.29) is 5.01 Å². The standard InChI is InChI=1S/C9H14N2O2S/c1-6(2)11(3)4-7-5-14-8(10-7)9(12)13/h5-6H,4H2,1-3H3,(H,12,13). The van der Waals surface area contributed by atoms with Gasteiger partial charge in [-0.15, -0.1) is 11.3 Å². The minimum atomic E-state index is -0.951. The highest BCUT2D eigenvalue weighted by molar-refractivity contribution is 7.11. The molecule has 0 saturated heterocycles. The van der Waals surface area contributed by atoms with Crippen LogP contribution in [0.3, 0.4) is 0 Å². The zero-order valence-corrected chi connectivity index (χ0v) is 9.34. The topological polar surface area (TPSA) is 53.4 Å². The first-order valence-electron chi connectivity index (χ1n) is 4.38. The van der Waals surface area contributed by atoms with Gasteiger partial charge in [0.25, 0.3) is 0 Å². The summed E-state index contributed by atoms with van der Waals surface area (Å²) in [6, 6.07) is 0.435. The van der Waals surface area contributed by atoms with E-state index in [1.54, 1.807) is 5.38 Å². The summed E-state index contributed by atoms with van der Waals surface area (Å²) in [5.41, 5.74) is 0.823. The molecule has 0 bridgehead atoms. The van der Waals surface area contributed by atoms with Crippen LogP contribution < -0.4 is 0 Å². The molecule has 5 heteroatoms. The Hall–Kier alpha value is -0.940. The number of hydrogen-bond donors (Lipinski definition) is 1. The number of aromatic nitrogens is 1. The molecule has 0 spiro atoms. The van der Waals surface area contributed by atoms with Crippen molar-refractivity contribution in [2.24, 2.45) is 0 Å². The molecule has 0 radical (unpaired) electrons. The van der Waals surface area contributed by atoms with Crippen molar-refractivity contribution < 1.29 is 9.90 Å². The molecule has 1 rings (SSSR count). The number of nitrogens with zero attached hydrogens (tertiary/aromatic N) is 2. The molecule has 1 N–H and O–H groups in total. The summed E-state index contributed by atoms with van der Waals surface area (Å²) in [6.45, 7) is 4.87. The van der Waals surface area contributed by atoms with Gasteiger partial charge in [0, 0.05) is 18.0 Å². The molecule has 0 aliphatic carbocycles. The summed E-state index contributed by atoms with van der Waals surface area (Å²) in [5.74, 6) is -0.951. The maximum Gasteiger partial charge on any atom is 0.365 e. The number of thiazole rings is 1. The zero-order chi connectivity index (χ0) is 10.7. The van der Waals surface area contributed by atoms with Crippen LogP contribution in [0.25, 0.3) is 0 Å². The van der Waals surface area contributed by atoms with Crippen molar-refractivity contribution in [1.82, 2.24) is 9.88 Å².